The number of fused-ring (bicyclic) bond motifs is 1. The Morgan fingerprint density at radius 2 is 1.79 bits per heavy atom. The van der Waals surface area contributed by atoms with Gasteiger partial charge in [0, 0.05) is 16.6 Å². The van der Waals surface area contributed by atoms with E-state index in [-0.39, 0.29) is 11.1 Å². The van der Waals surface area contributed by atoms with Crippen LogP contribution in [0.2, 0.25) is 0 Å². The number of methoxy groups -OCH3 is 1. The molecule has 0 unspecified atom stereocenters. The van der Waals surface area contributed by atoms with Gasteiger partial charge in [-0.1, -0.05) is 18.2 Å². The molecule has 1 aliphatic rings. The number of imidazole rings is 1. The Morgan fingerprint density at radius 3 is 2.46 bits per heavy atom. The van der Waals surface area contributed by atoms with E-state index in [0.29, 0.717) is 12.4 Å². The lowest BCUT2D eigenvalue weighted by molar-refractivity contribution is 0.297. The summed E-state index contributed by atoms with van der Waals surface area (Å²) in [4.78, 5) is 8.02. The largest absolute Gasteiger partial charge is 0.493 e. The molecule has 0 saturated heterocycles. The average molecular weight is 377 g/mol. The highest BCUT2D eigenvalue weighted by Gasteiger charge is 2.36. The van der Waals surface area contributed by atoms with Crippen LogP contribution in [-0.4, -0.2) is 34.8 Å². The van der Waals surface area contributed by atoms with Crippen molar-refractivity contribution < 1.29 is 9.47 Å². The Hall–Kier alpha value is -2.79. The van der Waals surface area contributed by atoms with Gasteiger partial charge in [0.1, 0.15) is 12.4 Å². The number of H-pyrrole nitrogens is 1. The molecule has 2 N–H and O–H groups in total. The topological polar surface area (TPSA) is 59.2 Å². The van der Waals surface area contributed by atoms with Gasteiger partial charge in [0.25, 0.3) is 0 Å². The Balaban J connectivity index is 1.57. The maximum atomic E-state index is 6.13. The first-order valence-electron chi connectivity index (χ1n) is 9.55. The summed E-state index contributed by atoms with van der Waals surface area (Å²) < 4.78 is 11.7. The van der Waals surface area contributed by atoms with E-state index in [9.17, 15) is 0 Å². The minimum Gasteiger partial charge on any atom is -0.493 e. The van der Waals surface area contributed by atoms with Crippen LogP contribution in [0.4, 0.5) is 0 Å². The predicted molar refractivity (Wildman–Crippen MR) is 113 cm³/mol. The van der Waals surface area contributed by atoms with E-state index in [1.807, 2.05) is 42.5 Å². The Labute approximate surface area is 165 Å². The summed E-state index contributed by atoms with van der Waals surface area (Å²) in [5.74, 6) is 2.24. The van der Waals surface area contributed by atoms with Gasteiger partial charge in [-0.15, -0.1) is 0 Å². The average Bonchev–Trinajstić information content (AvgIpc) is 3.16. The standard InChI is InChI=1S/C23H27N3O2/c1-22(2)13-16(23(3,4)26-22)14-28-19-11-10-15(12-20(19)27-5)21-24-17-8-6-7-9-18(17)25-21/h6-13,26H,14H2,1-5H3,(H,24,25). The second-order valence-electron chi connectivity index (χ2n) is 8.40. The van der Waals surface area contributed by atoms with Gasteiger partial charge in [0.05, 0.1) is 18.1 Å². The summed E-state index contributed by atoms with van der Waals surface area (Å²) in [6, 6.07) is 13.9. The lowest BCUT2D eigenvalue weighted by Gasteiger charge is -2.28. The zero-order chi connectivity index (χ0) is 19.9. The maximum absolute atomic E-state index is 6.13. The van der Waals surface area contributed by atoms with Crippen molar-refractivity contribution in [1.29, 1.82) is 0 Å². The Kier molecular flexibility index (Phi) is 4.42. The predicted octanol–water partition coefficient (Wildman–Crippen LogP) is 4.70. The third-order valence-corrected chi connectivity index (χ3v) is 5.18. The van der Waals surface area contributed by atoms with E-state index in [4.69, 9.17) is 9.47 Å². The zero-order valence-corrected chi connectivity index (χ0v) is 17.1. The van der Waals surface area contributed by atoms with Crippen LogP contribution in [0.5, 0.6) is 11.5 Å². The number of para-hydroxylation sites is 2. The normalized spacial score (nSPS) is 17.5. The first kappa shape index (κ1) is 18.6. The fourth-order valence-electron chi connectivity index (χ4n) is 3.94. The molecule has 2 heterocycles. The van der Waals surface area contributed by atoms with Gasteiger partial charge < -0.3 is 14.5 Å². The van der Waals surface area contributed by atoms with Gasteiger partial charge in [-0.2, -0.15) is 0 Å². The number of rotatable bonds is 5. The summed E-state index contributed by atoms with van der Waals surface area (Å²) in [7, 11) is 1.66. The molecule has 5 heteroatoms. The Bertz CT molecular complexity index is 1010. The van der Waals surface area contributed by atoms with E-state index in [1.54, 1.807) is 7.11 Å². The minimum atomic E-state index is -0.0923. The molecular weight excluding hydrogens is 350 g/mol. The first-order chi connectivity index (χ1) is 13.3. The fourth-order valence-corrected chi connectivity index (χ4v) is 3.94. The molecule has 0 fully saturated rings. The lowest BCUT2D eigenvalue weighted by atomic mass is 9.98. The molecule has 146 valence electrons. The lowest BCUT2D eigenvalue weighted by Crippen LogP contribution is -2.46. The van der Waals surface area contributed by atoms with Crippen LogP contribution in [0.15, 0.2) is 54.1 Å². The summed E-state index contributed by atoms with van der Waals surface area (Å²) in [6.07, 6.45) is 2.25. The summed E-state index contributed by atoms with van der Waals surface area (Å²) >= 11 is 0. The number of aromatic nitrogens is 2. The van der Waals surface area contributed by atoms with E-state index >= 15 is 0 Å². The van der Waals surface area contributed by atoms with Crippen molar-refractivity contribution in [1.82, 2.24) is 15.3 Å². The van der Waals surface area contributed by atoms with E-state index < -0.39 is 0 Å². The number of aromatic amines is 1. The number of nitrogens with zero attached hydrogens (tertiary/aromatic N) is 1. The number of nitrogens with one attached hydrogen (secondary N) is 2. The molecule has 0 atom stereocenters. The van der Waals surface area contributed by atoms with Crippen LogP contribution in [0, 0.1) is 0 Å². The first-order valence-corrected chi connectivity index (χ1v) is 9.55. The Morgan fingerprint density at radius 1 is 1.00 bits per heavy atom. The fraction of sp³-hybridized carbons (Fsp3) is 0.348. The summed E-state index contributed by atoms with van der Waals surface area (Å²) in [6.45, 7) is 9.22. The van der Waals surface area contributed by atoms with Crippen molar-refractivity contribution in [2.24, 2.45) is 0 Å². The molecule has 0 bridgehead atoms. The van der Waals surface area contributed by atoms with Gasteiger partial charge in [-0.25, -0.2) is 4.98 Å². The van der Waals surface area contributed by atoms with E-state index in [0.717, 1.165) is 28.2 Å². The molecule has 2 aromatic carbocycles. The molecule has 1 aromatic heterocycles. The molecule has 4 rings (SSSR count). The third-order valence-electron chi connectivity index (χ3n) is 5.18. The third kappa shape index (κ3) is 3.50. The SMILES string of the molecule is COc1cc(-c2nc3ccccc3[nH]2)ccc1OCC1=CC(C)(C)NC1(C)C. The van der Waals surface area contributed by atoms with E-state index in [1.165, 1.54) is 5.57 Å². The van der Waals surface area contributed by atoms with Crippen LogP contribution in [0.25, 0.3) is 22.4 Å². The molecule has 0 saturated carbocycles. The van der Waals surface area contributed by atoms with Gasteiger partial charge in [-0.05, 0) is 63.6 Å². The van der Waals surface area contributed by atoms with Crippen molar-refractivity contribution in [3.63, 3.8) is 0 Å². The molecule has 0 aliphatic carbocycles. The molecule has 1 aliphatic heterocycles. The van der Waals surface area contributed by atoms with Crippen LogP contribution >= 0.6 is 0 Å². The summed E-state index contributed by atoms with van der Waals surface area (Å²) in [5, 5.41) is 3.61. The van der Waals surface area contributed by atoms with Crippen molar-refractivity contribution >= 4 is 11.0 Å². The van der Waals surface area contributed by atoms with Crippen LogP contribution in [0.3, 0.4) is 0 Å². The van der Waals surface area contributed by atoms with Gasteiger partial charge in [0.2, 0.25) is 0 Å². The molecule has 0 radical (unpaired) electrons. The highest BCUT2D eigenvalue weighted by atomic mass is 16.5. The molecular formula is C23H27N3O2. The van der Waals surface area contributed by atoms with Crippen LogP contribution in [-0.2, 0) is 0 Å². The molecule has 0 amide bonds. The highest BCUT2D eigenvalue weighted by molar-refractivity contribution is 5.79. The molecule has 28 heavy (non-hydrogen) atoms. The van der Waals surface area contributed by atoms with Gasteiger partial charge in [-0.3, -0.25) is 5.32 Å². The quantitative estimate of drug-likeness (QED) is 0.633. The zero-order valence-electron chi connectivity index (χ0n) is 17.1. The van der Waals surface area contributed by atoms with Crippen molar-refractivity contribution in [2.75, 3.05) is 13.7 Å². The molecule has 5 nitrogen and oxygen atoms in total. The minimum absolute atomic E-state index is 0.0303. The van der Waals surface area contributed by atoms with Crippen molar-refractivity contribution in [3.05, 3.63) is 54.1 Å². The second kappa shape index (κ2) is 6.67. The second-order valence-corrected chi connectivity index (χ2v) is 8.40. The van der Waals surface area contributed by atoms with Crippen LogP contribution in [0.1, 0.15) is 27.7 Å². The maximum Gasteiger partial charge on any atom is 0.161 e. The smallest absolute Gasteiger partial charge is 0.161 e. The number of hydrogen-bond donors (Lipinski definition) is 2. The van der Waals surface area contributed by atoms with E-state index in [2.05, 4.69) is 49.1 Å². The van der Waals surface area contributed by atoms with Crippen molar-refractivity contribution in [2.45, 2.75) is 38.8 Å². The number of hydrogen-bond acceptors (Lipinski definition) is 4. The summed E-state index contributed by atoms with van der Waals surface area (Å²) in [5.41, 5.74) is 4.04. The number of benzene rings is 2. The monoisotopic (exact) mass is 377 g/mol. The molecule has 0 spiro atoms. The molecule has 3 aromatic rings. The van der Waals surface area contributed by atoms with Crippen molar-refractivity contribution in [3.8, 4) is 22.9 Å². The number of ether oxygens (including phenoxy) is 2. The highest BCUT2D eigenvalue weighted by Crippen LogP contribution is 2.35. The van der Waals surface area contributed by atoms with Crippen LogP contribution < -0.4 is 14.8 Å². The van der Waals surface area contributed by atoms with Gasteiger partial charge >= 0.3 is 0 Å². The van der Waals surface area contributed by atoms with Gasteiger partial charge in [0.15, 0.2) is 11.5 Å².